The summed E-state index contributed by atoms with van der Waals surface area (Å²) >= 11 is 0. The zero-order chi connectivity index (χ0) is 19.7. The summed E-state index contributed by atoms with van der Waals surface area (Å²) in [7, 11) is -1.42. The average Bonchev–Trinajstić information content (AvgIpc) is 2.59. The molecule has 6 nitrogen and oxygen atoms in total. The molecule has 0 heterocycles. The molecule has 0 aromatic rings. The molecule has 0 spiro atoms. The molecule has 0 aliphatic carbocycles. The Hall–Kier alpha value is 0.894. The Labute approximate surface area is 170 Å². The summed E-state index contributed by atoms with van der Waals surface area (Å²) in [6.45, 7) is 15.6. The van der Waals surface area contributed by atoms with E-state index < -0.39 is 17.6 Å². The number of hydrogen-bond acceptors (Lipinski definition) is 8. The van der Waals surface area contributed by atoms with Gasteiger partial charge in [0, 0.05) is 63.2 Å². The highest BCUT2D eigenvalue weighted by Crippen LogP contribution is 2.29. The summed E-state index contributed by atoms with van der Waals surface area (Å²) in [5, 5.41) is 0. The Balaban J connectivity index is 4.35. The fourth-order valence-corrected chi connectivity index (χ4v) is 11.6. The maximum Gasteiger partial charge on any atom is 0.501 e. The topological polar surface area (TPSA) is 55.4 Å². The third kappa shape index (κ3) is 11.0. The fourth-order valence-electron chi connectivity index (χ4n) is 2.45. The van der Waals surface area contributed by atoms with Crippen LogP contribution >= 0.6 is 21.6 Å². The Morgan fingerprint density at radius 2 is 0.692 bits per heavy atom. The van der Waals surface area contributed by atoms with Crippen molar-refractivity contribution in [3.05, 3.63) is 0 Å². The van der Waals surface area contributed by atoms with E-state index in [9.17, 15) is 0 Å². The highest BCUT2D eigenvalue weighted by atomic mass is 33.1. The summed E-state index contributed by atoms with van der Waals surface area (Å²) in [6, 6.07) is 1.65. The van der Waals surface area contributed by atoms with Crippen LogP contribution in [-0.4, -0.2) is 68.8 Å². The van der Waals surface area contributed by atoms with Gasteiger partial charge < -0.3 is 26.6 Å². The van der Waals surface area contributed by atoms with E-state index in [-0.39, 0.29) is 0 Å². The molecule has 0 fully saturated rings. The molecule has 0 rings (SSSR count). The monoisotopic (exact) mass is 446 g/mol. The Bertz CT molecular complexity index is 265. The van der Waals surface area contributed by atoms with E-state index >= 15 is 0 Å². The maximum absolute atomic E-state index is 5.89. The summed E-state index contributed by atoms with van der Waals surface area (Å²) in [4.78, 5) is 0. The van der Waals surface area contributed by atoms with E-state index in [1.165, 1.54) is 0 Å². The predicted octanol–water partition coefficient (Wildman–Crippen LogP) is 4.46. The first kappa shape index (κ1) is 26.9. The van der Waals surface area contributed by atoms with Gasteiger partial charge in [-0.2, -0.15) is 0 Å². The largest absolute Gasteiger partial charge is 0.501 e. The molecular weight excluding hydrogens is 408 g/mol. The van der Waals surface area contributed by atoms with Crippen molar-refractivity contribution in [3.8, 4) is 0 Å². The minimum atomic E-state index is -2.53. The van der Waals surface area contributed by atoms with Gasteiger partial charge in [-0.25, -0.2) is 0 Å². The van der Waals surface area contributed by atoms with Crippen LogP contribution in [0.25, 0.3) is 0 Å². The molecule has 0 unspecified atom stereocenters. The third-order valence-electron chi connectivity index (χ3n) is 3.25. The lowest BCUT2D eigenvalue weighted by Crippen LogP contribution is -2.46. The van der Waals surface area contributed by atoms with Crippen molar-refractivity contribution in [2.45, 2.75) is 53.6 Å². The van der Waals surface area contributed by atoms with E-state index in [0.29, 0.717) is 39.6 Å². The van der Waals surface area contributed by atoms with Gasteiger partial charge in [0.15, 0.2) is 0 Å². The van der Waals surface area contributed by atoms with Crippen LogP contribution in [0, 0.1) is 0 Å². The van der Waals surface area contributed by atoms with Gasteiger partial charge in [-0.3, -0.25) is 0 Å². The molecule has 10 heteroatoms. The lowest BCUT2D eigenvalue weighted by atomic mass is 10.9. The first-order chi connectivity index (χ1) is 12.6. The van der Waals surface area contributed by atoms with E-state index in [0.717, 1.165) is 23.6 Å². The third-order valence-corrected chi connectivity index (χ3v) is 12.5. The lowest BCUT2D eigenvalue weighted by molar-refractivity contribution is 0.0720. The maximum atomic E-state index is 5.89. The van der Waals surface area contributed by atoms with Gasteiger partial charge in [-0.15, -0.1) is 0 Å². The standard InChI is InChI=1S/C16H38O6S2Si2/c1-7-17-25(18-8-2,19-9-3)15-13-23-24-14-16-26(20-10-4,21-11-5)22-12-6/h7-16H2,1-6H3. The molecule has 0 aromatic heterocycles. The molecule has 0 amide bonds. The molecule has 0 radical (unpaired) electrons. The molecule has 0 atom stereocenters. The van der Waals surface area contributed by atoms with Crippen LogP contribution in [0.4, 0.5) is 0 Å². The molecule has 26 heavy (non-hydrogen) atoms. The van der Waals surface area contributed by atoms with Gasteiger partial charge in [0.25, 0.3) is 0 Å². The van der Waals surface area contributed by atoms with Crippen LogP contribution in [-0.2, 0) is 26.6 Å². The molecule has 0 aliphatic rings. The van der Waals surface area contributed by atoms with Crippen LogP contribution in [0.1, 0.15) is 41.5 Å². The van der Waals surface area contributed by atoms with Crippen molar-refractivity contribution in [2.24, 2.45) is 0 Å². The predicted molar refractivity (Wildman–Crippen MR) is 116 cm³/mol. The summed E-state index contributed by atoms with van der Waals surface area (Å²) in [5.41, 5.74) is 0. The van der Waals surface area contributed by atoms with Gasteiger partial charge >= 0.3 is 17.6 Å². The average molecular weight is 447 g/mol. The molecule has 0 bridgehead atoms. The second-order valence-electron chi connectivity index (χ2n) is 5.11. The molecule has 0 aromatic carbocycles. The second-order valence-corrected chi connectivity index (χ2v) is 13.3. The van der Waals surface area contributed by atoms with Crippen LogP contribution in [0.15, 0.2) is 0 Å². The van der Waals surface area contributed by atoms with E-state index in [2.05, 4.69) is 0 Å². The molecule has 0 aliphatic heterocycles. The van der Waals surface area contributed by atoms with Gasteiger partial charge in [-0.05, 0) is 41.5 Å². The van der Waals surface area contributed by atoms with Crippen LogP contribution in [0.5, 0.6) is 0 Å². The van der Waals surface area contributed by atoms with E-state index in [1.807, 2.05) is 63.1 Å². The fraction of sp³-hybridized carbons (Fsp3) is 1.00. The smallest absolute Gasteiger partial charge is 0.374 e. The first-order valence-corrected chi connectivity index (χ1v) is 16.0. The Morgan fingerprint density at radius 1 is 0.462 bits per heavy atom. The van der Waals surface area contributed by atoms with Gasteiger partial charge in [0.05, 0.1) is 0 Å². The van der Waals surface area contributed by atoms with E-state index in [1.54, 1.807) is 0 Å². The number of rotatable bonds is 19. The van der Waals surface area contributed by atoms with Gasteiger partial charge in [-0.1, -0.05) is 21.6 Å². The highest BCUT2D eigenvalue weighted by molar-refractivity contribution is 8.76. The molecular formula is C16H38O6S2Si2. The number of hydrogen-bond donors (Lipinski definition) is 0. The summed E-state index contributed by atoms with van der Waals surface area (Å²) in [5.74, 6) is 1.87. The minimum Gasteiger partial charge on any atom is -0.374 e. The van der Waals surface area contributed by atoms with Crippen LogP contribution < -0.4 is 0 Å². The zero-order valence-corrected chi connectivity index (χ0v) is 21.0. The molecule has 0 saturated carbocycles. The minimum absolute atomic E-state index is 0.620. The SMILES string of the molecule is CCO[Si](CCSSCC[Si](OCC)(OCC)OCC)(OCC)OCC. The van der Waals surface area contributed by atoms with Crippen molar-refractivity contribution in [1.29, 1.82) is 0 Å². The van der Waals surface area contributed by atoms with Crippen molar-refractivity contribution in [2.75, 3.05) is 51.1 Å². The lowest BCUT2D eigenvalue weighted by Gasteiger charge is -2.29. The van der Waals surface area contributed by atoms with Crippen molar-refractivity contribution >= 4 is 39.2 Å². The van der Waals surface area contributed by atoms with Gasteiger partial charge in [0.1, 0.15) is 0 Å². The summed E-state index contributed by atoms with van der Waals surface area (Å²) in [6.07, 6.45) is 0. The van der Waals surface area contributed by atoms with Crippen molar-refractivity contribution in [1.82, 2.24) is 0 Å². The molecule has 0 saturated heterocycles. The van der Waals surface area contributed by atoms with Crippen LogP contribution in [0.3, 0.4) is 0 Å². The molecule has 158 valence electrons. The van der Waals surface area contributed by atoms with Crippen LogP contribution in [0.2, 0.25) is 12.1 Å². The first-order valence-electron chi connectivity index (χ1n) is 9.65. The normalized spacial score (nSPS) is 12.7. The summed E-state index contributed by atoms with van der Waals surface area (Å²) < 4.78 is 35.3. The van der Waals surface area contributed by atoms with E-state index in [4.69, 9.17) is 26.6 Å². The second kappa shape index (κ2) is 16.8. The Morgan fingerprint density at radius 3 is 0.885 bits per heavy atom. The van der Waals surface area contributed by atoms with Crippen molar-refractivity contribution in [3.63, 3.8) is 0 Å². The van der Waals surface area contributed by atoms with Crippen molar-refractivity contribution < 1.29 is 26.6 Å². The molecule has 0 N–H and O–H groups in total. The van der Waals surface area contributed by atoms with Gasteiger partial charge in [0.2, 0.25) is 0 Å². The quantitative estimate of drug-likeness (QED) is 0.164. The zero-order valence-electron chi connectivity index (χ0n) is 17.3. The highest BCUT2D eigenvalue weighted by Gasteiger charge is 2.41. The Kier molecular flexibility index (Phi) is 17.4.